The maximum atomic E-state index is 12.0. The van der Waals surface area contributed by atoms with Crippen molar-refractivity contribution >= 4 is 6.09 Å². The van der Waals surface area contributed by atoms with E-state index in [4.69, 9.17) is 10.5 Å². The summed E-state index contributed by atoms with van der Waals surface area (Å²) in [6, 6.07) is 0. The van der Waals surface area contributed by atoms with Gasteiger partial charge in [-0.05, 0) is 46.6 Å². The van der Waals surface area contributed by atoms with Crippen LogP contribution in [0.2, 0.25) is 0 Å². The molecule has 0 saturated heterocycles. The van der Waals surface area contributed by atoms with Gasteiger partial charge in [0.05, 0.1) is 11.6 Å². The number of carbonyl (C=O) groups is 1. The molecule has 4 N–H and O–H groups in total. The molecule has 0 heterocycles. The minimum absolute atomic E-state index is 0.416. The van der Waals surface area contributed by atoms with Gasteiger partial charge in [0.15, 0.2) is 0 Å². The average Bonchev–Trinajstić information content (AvgIpc) is 2.27. The van der Waals surface area contributed by atoms with E-state index in [0.29, 0.717) is 13.0 Å². The highest BCUT2D eigenvalue weighted by Gasteiger charge is 2.40. The van der Waals surface area contributed by atoms with E-state index in [0.717, 1.165) is 32.1 Å². The molecule has 0 aliphatic heterocycles. The molecule has 1 fully saturated rings. The molecule has 112 valence electrons. The van der Waals surface area contributed by atoms with E-state index in [-0.39, 0.29) is 0 Å². The molecule has 5 heteroatoms. The zero-order valence-electron chi connectivity index (χ0n) is 12.4. The molecule has 5 nitrogen and oxygen atoms in total. The molecule has 1 unspecified atom stereocenters. The second-order valence-electron chi connectivity index (χ2n) is 6.44. The predicted molar refractivity (Wildman–Crippen MR) is 74.9 cm³/mol. The van der Waals surface area contributed by atoms with Gasteiger partial charge in [0.25, 0.3) is 0 Å². The number of aliphatic hydroxyl groups excluding tert-OH is 1. The van der Waals surface area contributed by atoms with Gasteiger partial charge in [-0.1, -0.05) is 19.3 Å². The monoisotopic (exact) mass is 272 g/mol. The topological polar surface area (TPSA) is 84.6 Å². The third-order valence-corrected chi connectivity index (χ3v) is 3.57. The van der Waals surface area contributed by atoms with Gasteiger partial charge in [-0.25, -0.2) is 4.79 Å². The zero-order chi connectivity index (χ0) is 14.5. The fourth-order valence-corrected chi connectivity index (χ4v) is 2.67. The maximum Gasteiger partial charge on any atom is 0.408 e. The van der Waals surface area contributed by atoms with Crippen molar-refractivity contribution in [3.63, 3.8) is 0 Å². The quantitative estimate of drug-likeness (QED) is 0.730. The third-order valence-electron chi connectivity index (χ3n) is 3.57. The summed E-state index contributed by atoms with van der Waals surface area (Å²) in [6.45, 7) is 5.90. The van der Waals surface area contributed by atoms with Crippen molar-refractivity contribution in [2.24, 2.45) is 5.73 Å². The van der Waals surface area contributed by atoms with Crippen molar-refractivity contribution in [2.45, 2.75) is 76.5 Å². The first-order chi connectivity index (χ1) is 8.79. The first kappa shape index (κ1) is 16.2. The Morgan fingerprint density at radius 1 is 1.37 bits per heavy atom. The summed E-state index contributed by atoms with van der Waals surface area (Å²) in [7, 11) is 0. The van der Waals surface area contributed by atoms with Crippen molar-refractivity contribution in [2.75, 3.05) is 6.54 Å². The van der Waals surface area contributed by atoms with Crippen LogP contribution >= 0.6 is 0 Å². The van der Waals surface area contributed by atoms with E-state index in [9.17, 15) is 9.90 Å². The van der Waals surface area contributed by atoms with Crippen LogP contribution in [0.1, 0.15) is 59.3 Å². The van der Waals surface area contributed by atoms with Gasteiger partial charge in [0.2, 0.25) is 0 Å². The molecule has 1 amide bonds. The van der Waals surface area contributed by atoms with Gasteiger partial charge in [0, 0.05) is 0 Å². The summed E-state index contributed by atoms with van der Waals surface area (Å²) >= 11 is 0. The summed E-state index contributed by atoms with van der Waals surface area (Å²) in [6.07, 6.45) is 4.18. The number of ether oxygens (including phenoxy) is 1. The minimum Gasteiger partial charge on any atom is -0.444 e. The van der Waals surface area contributed by atoms with Crippen LogP contribution in [0.5, 0.6) is 0 Å². The minimum atomic E-state index is -0.606. The molecular formula is C14H28N2O3. The molecule has 1 aliphatic rings. The van der Waals surface area contributed by atoms with Crippen molar-refractivity contribution in [1.29, 1.82) is 0 Å². The first-order valence-corrected chi connectivity index (χ1v) is 7.18. The van der Waals surface area contributed by atoms with Crippen LogP contribution in [0, 0.1) is 0 Å². The Labute approximate surface area is 115 Å². The summed E-state index contributed by atoms with van der Waals surface area (Å²) in [5.74, 6) is 0. The second-order valence-corrected chi connectivity index (χ2v) is 6.44. The van der Waals surface area contributed by atoms with E-state index < -0.39 is 23.3 Å². The van der Waals surface area contributed by atoms with Crippen molar-refractivity contribution in [3.05, 3.63) is 0 Å². The molecule has 1 aliphatic carbocycles. The van der Waals surface area contributed by atoms with Crippen LogP contribution in [-0.4, -0.2) is 35.0 Å². The highest BCUT2D eigenvalue weighted by molar-refractivity contribution is 5.69. The molecule has 1 atom stereocenters. The number of rotatable bonds is 4. The number of aliphatic hydroxyl groups is 1. The van der Waals surface area contributed by atoms with Gasteiger partial charge < -0.3 is 20.9 Å². The highest BCUT2D eigenvalue weighted by atomic mass is 16.6. The molecule has 0 aromatic heterocycles. The van der Waals surface area contributed by atoms with E-state index in [1.807, 2.05) is 20.8 Å². The van der Waals surface area contributed by atoms with Crippen LogP contribution in [0.4, 0.5) is 4.79 Å². The summed E-state index contributed by atoms with van der Waals surface area (Å²) < 4.78 is 5.30. The Balaban J connectivity index is 2.71. The summed E-state index contributed by atoms with van der Waals surface area (Å²) in [5, 5.41) is 13.2. The lowest BCUT2D eigenvalue weighted by molar-refractivity contribution is 0.00569. The Morgan fingerprint density at radius 3 is 2.42 bits per heavy atom. The molecule has 0 radical (unpaired) electrons. The lowest BCUT2D eigenvalue weighted by Gasteiger charge is -2.42. The van der Waals surface area contributed by atoms with Crippen LogP contribution in [0.3, 0.4) is 0 Å². The summed E-state index contributed by atoms with van der Waals surface area (Å²) in [4.78, 5) is 12.0. The number of carbonyl (C=O) groups excluding carboxylic acids is 1. The number of nitrogens with two attached hydrogens (primary N) is 1. The Kier molecular flexibility index (Phi) is 5.62. The lowest BCUT2D eigenvalue weighted by atomic mass is 9.76. The van der Waals surface area contributed by atoms with E-state index >= 15 is 0 Å². The van der Waals surface area contributed by atoms with Crippen molar-refractivity contribution in [3.8, 4) is 0 Å². The number of alkyl carbamates (subject to hydrolysis) is 1. The van der Waals surface area contributed by atoms with E-state index in [1.165, 1.54) is 0 Å². The van der Waals surface area contributed by atoms with Crippen LogP contribution < -0.4 is 11.1 Å². The number of nitrogens with one attached hydrogen (secondary N) is 1. The molecule has 1 saturated carbocycles. The highest BCUT2D eigenvalue weighted by Crippen LogP contribution is 2.32. The van der Waals surface area contributed by atoms with E-state index in [1.54, 1.807) is 0 Å². The number of hydrogen-bond donors (Lipinski definition) is 3. The molecule has 0 bridgehead atoms. The summed E-state index contributed by atoms with van der Waals surface area (Å²) in [5.41, 5.74) is 4.43. The standard InChI is InChI=1S/C14H28N2O3/c1-13(2,3)19-12(18)16-14(11(17)7-10-15)8-5-4-6-9-14/h11,17H,4-10,15H2,1-3H3,(H,16,18). The van der Waals surface area contributed by atoms with Crippen molar-refractivity contribution in [1.82, 2.24) is 5.32 Å². The Bertz CT molecular complexity index is 294. The van der Waals surface area contributed by atoms with Gasteiger partial charge in [-0.2, -0.15) is 0 Å². The second kappa shape index (κ2) is 6.57. The SMILES string of the molecule is CC(C)(C)OC(=O)NC1(C(O)CCN)CCCCC1. The third kappa shape index (κ3) is 4.99. The van der Waals surface area contributed by atoms with Gasteiger partial charge in [-0.3, -0.25) is 0 Å². The zero-order valence-corrected chi connectivity index (χ0v) is 12.4. The molecule has 19 heavy (non-hydrogen) atoms. The molecule has 0 aromatic carbocycles. The van der Waals surface area contributed by atoms with Crippen LogP contribution in [0.25, 0.3) is 0 Å². The van der Waals surface area contributed by atoms with Crippen molar-refractivity contribution < 1.29 is 14.6 Å². The number of amides is 1. The fraction of sp³-hybridized carbons (Fsp3) is 0.929. The largest absolute Gasteiger partial charge is 0.444 e. The Morgan fingerprint density at radius 2 is 1.95 bits per heavy atom. The first-order valence-electron chi connectivity index (χ1n) is 7.18. The van der Waals surface area contributed by atoms with Crippen LogP contribution in [0.15, 0.2) is 0 Å². The Hall–Kier alpha value is -0.810. The smallest absolute Gasteiger partial charge is 0.408 e. The maximum absolute atomic E-state index is 12.0. The fourth-order valence-electron chi connectivity index (χ4n) is 2.67. The van der Waals surface area contributed by atoms with Gasteiger partial charge >= 0.3 is 6.09 Å². The normalized spacial score (nSPS) is 20.7. The molecular weight excluding hydrogens is 244 g/mol. The van der Waals surface area contributed by atoms with Gasteiger partial charge in [-0.15, -0.1) is 0 Å². The predicted octanol–water partition coefficient (Wildman–Crippen LogP) is 1.92. The average molecular weight is 272 g/mol. The lowest BCUT2D eigenvalue weighted by Crippen LogP contribution is -2.58. The number of hydrogen-bond acceptors (Lipinski definition) is 4. The van der Waals surface area contributed by atoms with Gasteiger partial charge in [0.1, 0.15) is 5.60 Å². The molecule has 1 rings (SSSR count). The van der Waals surface area contributed by atoms with Crippen LogP contribution in [-0.2, 0) is 4.74 Å². The van der Waals surface area contributed by atoms with E-state index in [2.05, 4.69) is 5.32 Å². The molecule has 0 aromatic rings. The molecule has 0 spiro atoms.